The standard InChI is InChI=1S/C33H26N4O7/c38-31(39)29(34-32(40)42-20-28-26-12-6-4-10-24(26)25-11-5-7-13-27(25)28)18-21-14-16-23(17-15-21)43-33(41)35-30-19-37(36-44-30)22-8-2-1-3-9-22/h1-17,19,28-29H,18,20H2,(H2-,34,35,36,38,39,40,41)/t29-/m0/s1. The van der Waals surface area contributed by atoms with Gasteiger partial charge in [0.15, 0.2) is 6.08 Å². The normalized spacial score (nSPS) is 13.0. The van der Waals surface area contributed by atoms with E-state index in [1.54, 1.807) is 12.1 Å². The number of nitrogens with zero attached hydrogens (tertiary/aromatic N) is 3. The molecule has 11 nitrogen and oxygen atoms in total. The van der Waals surface area contributed by atoms with Crippen molar-refractivity contribution in [2.24, 2.45) is 4.99 Å². The highest BCUT2D eigenvalue weighted by molar-refractivity contribution is 5.81. The number of para-hydroxylation sites is 1. The van der Waals surface area contributed by atoms with Crippen LogP contribution < -0.4 is 19.8 Å². The van der Waals surface area contributed by atoms with E-state index in [1.807, 2.05) is 78.9 Å². The molecule has 5 aromatic rings. The van der Waals surface area contributed by atoms with E-state index in [-0.39, 0.29) is 30.6 Å². The molecule has 0 saturated heterocycles. The molecule has 4 aromatic carbocycles. The van der Waals surface area contributed by atoms with Gasteiger partial charge in [0.2, 0.25) is 11.0 Å². The number of aliphatic imine (C=N–C) groups is 1. The summed E-state index contributed by atoms with van der Waals surface area (Å²) in [4.78, 5) is 28.3. The first kappa shape index (κ1) is 28.2. The molecule has 1 atom stereocenters. The van der Waals surface area contributed by atoms with Gasteiger partial charge in [-0.25, -0.2) is 9.59 Å². The second-order valence-corrected chi connectivity index (χ2v) is 10.0. The molecular weight excluding hydrogens is 564 g/mol. The maximum Gasteiger partial charge on any atom is 0.407 e. The van der Waals surface area contributed by atoms with Crippen LogP contribution in [0.25, 0.3) is 16.8 Å². The molecule has 6 rings (SSSR count). The summed E-state index contributed by atoms with van der Waals surface area (Å²) in [5, 5.41) is 28.3. The van der Waals surface area contributed by atoms with Gasteiger partial charge in [-0.2, -0.15) is 4.99 Å². The maximum absolute atomic E-state index is 12.7. The molecule has 0 bridgehead atoms. The second kappa shape index (κ2) is 12.5. The Kier molecular flexibility index (Phi) is 8.00. The molecule has 0 fully saturated rings. The lowest BCUT2D eigenvalue weighted by Crippen LogP contribution is -2.42. The van der Waals surface area contributed by atoms with Gasteiger partial charge in [0.05, 0.1) is 0 Å². The van der Waals surface area contributed by atoms with Gasteiger partial charge in [0.25, 0.3) is 6.20 Å². The van der Waals surface area contributed by atoms with Crippen LogP contribution in [0, 0.1) is 0 Å². The molecule has 1 aromatic heterocycles. The molecule has 0 aliphatic heterocycles. The summed E-state index contributed by atoms with van der Waals surface area (Å²) in [6, 6.07) is 30.0. The van der Waals surface area contributed by atoms with Crippen molar-refractivity contribution in [3.8, 4) is 22.6 Å². The fourth-order valence-corrected chi connectivity index (χ4v) is 5.11. The van der Waals surface area contributed by atoms with E-state index in [9.17, 15) is 19.8 Å². The lowest BCUT2D eigenvalue weighted by Gasteiger charge is -2.18. The molecule has 0 radical (unpaired) electrons. The highest BCUT2D eigenvalue weighted by Gasteiger charge is 2.30. The van der Waals surface area contributed by atoms with E-state index >= 15 is 0 Å². The van der Waals surface area contributed by atoms with E-state index in [0.717, 1.165) is 27.9 Å². The quantitative estimate of drug-likeness (QED) is 0.149. The van der Waals surface area contributed by atoms with Gasteiger partial charge in [0.1, 0.15) is 12.6 Å². The monoisotopic (exact) mass is 590 g/mol. The number of ether oxygens (including phenoxy) is 2. The van der Waals surface area contributed by atoms with Crippen molar-refractivity contribution in [2.75, 3.05) is 6.61 Å². The van der Waals surface area contributed by atoms with Gasteiger partial charge in [-0.15, -0.1) is 0 Å². The van der Waals surface area contributed by atoms with Crippen LogP contribution in [0.15, 0.2) is 119 Å². The lowest BCUT2D eigenvalue weighted by atomic mass is 9.98. The number of carbonyl (C=O) groups excluding carboxylic acids is 1. The first-order valence-electron chi connectivity index (χ1n) is 13.8. The average Bonchev–Trinajstić information content (AvgIpc) is 3.63. The molecule has 220 valence electrons. The number of aromatic nitrogens is 2. The zero-order valence-electron chi connectivity index (χ0n) is 23.2. The number of nitrogens with one attached hydrogen (secondary N) is 1. The average molecular weight is 591 g/mol. The molecule has 1 aliphatic carbocycles. The van der Waals surface area contributed by atoms with Crippen LogP contribution in [0.3, 0.4) is 0 Å². The summed E-state index contributed by atoms with van der Waals surface area (Å²) in [6.45, 7) is 0.0671. The van der Waals surface area contributed by atoms with Crippen LogP contribution in [0.2, 0.25) is 0 Å². The summed E-state index contributed by atoms with van der Waals surface area (Å²) >= 11 is 0. The Bertz CT molecular complexity index is 1770. The molecule has 1 amide bonds. The van der Waals surface area contributed by atoms with Crippen molar-refractivity contribution < 1.29 is 38.5 Å². The molecule has 0 saturated carbocycles. The van der Waals surface area contributed by atoms with E-state index < -0.39 is 24.2 Å². The third-order valence-corrected chi connectivity index (χ3v) is 7.18. The van der Waals surface area contributed by atoms with E-state index in [4.69, 9.17) is 14.0 Å². The largest absolute Gasteiger partial charge is 0.566 e. The Morgan fingerprint density at radius 2 is 1.57 bits per heavy atom. The van der Waals surface area contributed by atoms with Crippen molar-refractivity contribution in [2.45, 2.75) is 18.4 Å². The minimum absolute atomic E-state index is 0.0182. The molecule has 1 aliphatic rings. The van der Waals surface area contributed by atoms with Crippen LogP contribution in [0.4, 0.5) is 10.7 Å². The molecular formula is C33H26N4O7. The van der Waals surface area contributed by atoms with Gasteiger partial charge in [-0.05, 0) is 44.6 Å². The maximum atomic E-state index is 12.7. The predicted molar refractivity (Wildman–Crippen MR) is 156 cm³/mol. The number of hydrogen-bond acceptors (Lipinski definition) is 8. The molecule has 11 heteroatoms. The van der Waals surface area contributed by atoms with Crippen LogP contribution in [0.5, 0.6) is 5.75 Å². The third kappa shape index (κ3) is 6.26. The Morgan fingerprint density at radius 1 is 0.932 bits per heavy atom. The fourth-order valence-electron chi connectivity index (χ4n) is 5.11. The Balaban J connectivity index is 1.04. The lowest BCUT2D eigenvalue weighted by molar-refractivity contribution is -0.670. The molecule has 0 spiro atoms. The number of carbonyl (C=O) groups is 2. The summed E-state index contributed by atoms with van der Waals surface area (Å²) in [5.41, 5.74) is 5.62. The number of alkyl carbamates (subject to hydrolysis) is 1. The van der Waals surface area contributed by atoms with Crippen LogP contribution in [-0.4, -0.2) is 41.2 Å². The van der Waals surface area contributed by atoms with E-state index in [1.165, 1.54) is 23.0 Å². The number of carboxylic acids is 1. The molecule has 44 heavy (non-hydrogen) atoms. The van der Waals surface area contributed by atoms with Crippen molar-refractivity contribution in [1.82, 2.24) is 10.6 Å². The summed E-state index contributed by atoms with van der Waals surface area (Å²) < 4.78 is 17.2. The van der Waals surface area contributed by atoms with Crippen molar-refractivity contribution in [1.29, 1.82) is 0 Å². The third-order valence-electron chi connectivity index (χ3n) is 7.18. The first-order chi connectivity index (χ1) is 21.4. The van der Waals surface area contributed by atoms with Gasteiger partial charge in [-0.3, -0.25) is 4.52 Å². The predicted octanol–water partition coefficient (Wildman–Crippen LogP) is 3.91. The van der Waals surface area contributed by atoms with Crippen LogP contribution >= 0.6 is 0 Å². The second-order valence-electron chi connectivity index (χ2n) is 10.0. The van der Waals surface area contributed by atoms with Gasteiger partial charge >= 0.3 is 17.9 Å². The van der Waals surface area contributed by atoms with Crippen molar-refractivity contribution >= 4 is 24.0 Å². The number of amides is 1. The fraction of sp³-hybridized carbons (Fsp3) is 0.121. The van der Waals surface area contributed by atoms with Gasteiger partial charge < -0.3 is 25.0 Å². The number of rotatable bonds is 9. The molecule has 1 heterocycles. The van der Waals surface area contributed by atoms with Crippen molar-refractivity contribution in [3.63, 3.8) is 0 Å². The number of carboxylic acid groups (broad SMARTS) is 1. The number of hydrogen-bond donors (Lipinski definition) is 2. The van der Waals surface area contributed by atoms with Gasteiger partial charge in [-0.1, -0.05) is 78.9 Å². The van der Waals surface area contributed by atoms with Crippen LogP contribution in [-0.2, 0) is 16.0 Å². The minimum atomic E-state index is -1.24. The number of fused-ring (bicyclic) bond motifs is 3. The highest BCUT2D eigenvalue weighted by Crippen LogP contribution is 2.44. The highest BCUT2D eigenvalue weighted by atomic mass is 16.6. The summed E-state index contributed by atoms with van der Waals surface area (Å²) in [6.07, 6.45) is -0.327. The Morgan fingerprint density at radius 3 is 2.23 bits per heavy atom. The smallest absolute Gasteiger partial charge is 0.407 e. The van der Waals surface area contributed by atoms with Gasteiger partial charge in [0, 0.05) is 30.2 Å². The summed E-state index contributed by atoms with van der Waals surface area (Å²) in [5.74, 6) is -1.21. The Hall–Kier alpha value is -5.97. The van der Waals surface area contributed by atoms with Crippen LogP contribution in [0.1, 0.15) is 22.6 Å². The number of benzene rings is 4. The van der Waals surface area contributed by atoms with E-state index in [2.05, 4.69) is 15.6 Å². The minimum Gasteiger partial charge on any atom is -0.566 e. The SMILES string of the molecule is O=C(N[C@@H](Cc1ccc(O/C([O-])=N/c2c[n+](-c3ccccc3)no2)cc1)C(=O)O)OCC1c2ccccc2-c2ccccc21. The van der Waals surface area contributed by atoms with E-state index in [0.29, 0.717) is 5.56 Å². The first-order valence-corrected chi connectivity index (χ1v) is 13.8. The zero-order valence-corrected chi connectivity index (χ0v) is 23.2. The topological polar surface area (TPSA) is 150 Å². The Labute approximate surface area is 251 Å². The summed E-state index contributed by atoms with van der Waals surface area (Å²) in [7, 11) is 0. The van der Waals surface area contributed by atoms with Crippen molar-refractivity contribution in [3.05, 3.63) is 126 Å². The number of aliphatic carboxylic acids is 1. The molecule has 2 N–H and O–H groups in total. The zero-order chi connectivity index (χ0) is 30.5. The molecule has 0 unspecified atom stereocenters.